The van der Waals surface area contributed by atoms with Crippen LogP contribution in [0.25, 0.3) is 0 Å². The van der Waals surface area contributed by atoms with Crippen LogP contribution in [0.15, 0.2) is 24.3 Å². The van der Waals surface area contributed by atoms with E-state index in [-0.39, 0.29) is 19.3 Å². The van der Waals surface area contributed by atoms with Crippen LogP contribution in [-0.2, 0) is 19.1 Å². The fraction of sp³-hybridized carbons (Fsp3) is 0.885. The van der Waals surface area contributed by atoms with Crippen molar-refractivity contribution in [3.63, 3.8) is 0 Å². The van der Waals surface area contributed by atoms with Gasteiger partial charge in [0.05, 0.1) is 6.61 Å². The molecule has 2 atom stereocenters. The highest BCUT2D eigenvalue weighted by Gasteiger charge is 2.53. The predicted molar refractivity (Wildman–Crippen MR) is 289 cm³/mol. The summed E-state index contributed by atoms with van der Waals surface area (Å²) in [5, 5.41) is 21.3. The third-order valence-corrected chi connectivity index (χ3v) is 14.1. The summed E-state index contributed by atoms with van der Waals surface area (Å²) in [7, 11) is 0. The molecule has 394 valence electrons. The SMILES string of the molecule is CCCCC/C=C\C/C=C\CCCCCCCC(=O)C(OC(=O)CCCCCCCCCCCCCCCCC)(C(=O)CCCCCCCCCCCCCCCCCCCCC)C(O)CO. The van der Waals surface area contributed by atoms with E-state index in [2.05, 4.69) is 45.1 Å². The van der Waals surface area contributed by atoms with Crippen LogP contribution in [0.4, 0.5) is 0 Å². The van der Waals surface area contributed by atoms with Gasteiger partial charge in [-0.25, -0.2) is 0 Å². The van der Waals surface area contributed by atoms with E-state index in [1.807, 2.05) is 0 Å². The van der Waals surface area contributed by atoms with Crippen LogP contribution in [0.1, 0.15) is 329 Å². The Hall–Kier alpha value is -1.79. The first-order valence-electron chi connectivity index (χ1n) is 29.8. The molecule has 0 bridgehead atoms. The lowest BCUT2D eigenvalue weighted by Crippen LogP contribution is -2.60. The van der Waals surface area contributed by atoms with Crippen molar-refractivity contribution >= 4 is 17.5 Å². The number of esters is 1. The van der Waals surface area contributed by atoms with Gasteiger partial charge in [-0.05, 0) is 51.4 Å². The number of Topliss-reactive ketones (excluding diaryl/α,β-unsaturated/α-hetero) is 2. The van der Waals surface area contributed by atoms with Crippen molar-refractivity contribution < 1.29 is 29.3 Å². The van der Waals surface area contributed by atoms with Crippen LogP contribution in [-0.4, -0.2) is 46.1 Å². The molecule has 6 nitrogen and oxygen atoms in total. The van der Waals surface area contributed by atoms with E-state index in [0.717, 1.165) is 77.0 Å². The first-order valence-corrected chi connectivity index (χ1v) is 29.8. The monoisotopic (exact) mass is 943 g/mol. The number of aliphatic hydroxyl groups excluding tert-OH is 2. The lowest BCUT2D eigenvalue weighted by Gasteiger charge is -2.34. The summed E-state index contributed by atoms with van der Waals surface area (Å²) in [5.41, 5.74) is -2.33. The van der Waals surface area contributed by atoms with Gasteiger partial charge in [-0.15, -0.1) is 0 Å². The highest BCUT2D eigenvalue weighted by Crippen LogP contribution is 2.28. The molecule has 67 heavy (non-hydrogen) atoms. The van der Waals surface area contributed by atoms with Gasteiger partial charge in [-0.3, -0.25) is 14.4 Å². The largest absolute Gasteiger partial charge is 0.440 e. The molecule has 0 amide bonds. The summed E-state index contributed by atoms with van der Waals surface area (Å²) in [6.45, 7) is 5.96. The van der Waals surface area contributed by atoms with Gasteiger partial charge in [-0.2, -0.15) is 0 Å². The van der Waals surface area contributed by atoms with Crippen LogP contribution in [0.2, 0.25) is 0 Å². The molecule has 0 rings (SSSR count). The summed E-state index contributed by atoms with van der Waals surface area (Å²) in [4.78, 5) is 41.4. The van der Waals surface area contributed by atoms with Gasteiger partial charge in [-0.1, -0.05) is 283 Å². The van der Waals surface area contributed by atoms with Crippen molar-refractivity contribution in [3.05, 3.63) is 24.3 Å². The zero-order chi connectivity index (χ0) is 49.0. The lowest BCUT2D eigenvalue weighted by molar-refractivity contribution is -0.188. The predicted octanol–water partition coefficient (Wildman–Crippen LogP) is 18.7. The van der Waals surface area contributed by atoms with Crippen LogP contribution in [0, 0.1) is 0 Å². The first kappa shape index (κ1) is 65.2. The zero-order valence-electron chi connectivity index (χ0n) is 45.1. The minimum Gasteiger partial charge on any atom is -0.440 e. The Labute approximate surface area is 416 Å². The van der Waals surface area contributed by atoms with Gasteiger partial charge in [0, 0.05) is 19.3 Å². The average Bonchev–Trinajstić information content (AvgIpc) is 3.33. The van der Waals surface area contributed by atoms with Crippen LogP contribution < -0.4 is 0 Å². The molecular formula is C61H114O6. The second kappa shape index (κ2) is 52.0. The Kier molecular flexibility index (Phi) is 50.7. The van der Waals surface area contributed by atoms with Crippen LogP contribution >= 0.6 is 0 Å². The Morgan fingerprint density at radius 2 is 0.627 bits per heavy atom. The van der Waals surface area contributed by atoms with E-state index in [4.69, 9.17) is 4.74 Å². The highest BCUT2D eigenvalue weighted by atomic mass is 16.6. The summed E-state index contributed by atoms with van der Waals surface area (Å²) in [6, 6.07) is 0. The highest BCUT2D eigenvalue weighted by molar-refractivity contribution is 6.12. The molecule has 0 fully saturated rings. The number of aliphatic hydroxyl groups is 2. The number of carbonyl (C=O) groups excluding carboxylic acids is 3. The van der Waals surface area contributed by atoms with Crippen molar-refractivity contribution in [1.29, 1.82) is 0 Å². The van der Waals surface area contributed by atoms with Crippen molar-refractivity contribution in [2.24, 2.45) is 0 Å². The maximum Gasteiger partial charge on any atom is 0.307 e. The summed E-state index contributed by atoms with van der Waals surface area (Å²) in [5.74, 6) is -1.75. The minimum absolute atomic E-state index is 0.0404. The second-order valence-corrected chi connectivity index (χ2v) is 20.5. The molecule has 0 aromatic rings. The van der Waals surface area contributed by atoms with Crippen molar-refractivity contribution in [2.75, 3.05) is 6.61 Å². The number of rotatable bonds is 55. The van der Waals surface area contributed by atoms with E-state index in [9.17, 15) is 24.6 Å². The maximum absolute atomic E-state index is 14.0. The molecule has 0 aliphatic carbocycles. The van der Waals surface area contributed by atoms with Crippen molar-refractivity contribution in [1.82, 2.24) is 0 Å². The zero-order valence-corrected chi connectivity index (χ0v) is 45.1. The van der Waals surface area contributed by atoms with E-state index in [1.54, 1.807) is 0 Å². The van der Waals surface area contributed by atoms with Gasteiger partial charge in [0.15, 0.2) is 11.6 Å². The van der Waals surface area contributed by atoms with E-state index in [1.165, 1.54) is 193 Å². The normalized spacial score (nSPS) is 13.2. The molecule has 0 saturated heterocycles. The number of hydrogen-bond donors (Lipinski definition) is 2. The second-order valence-electron chi connectivity index (χ2n) is 20.5. The summed E-state index contributed by atoms with van der Waals surface area (Å²) < 4.78 is 5.84. The van der Waals surface area contributed by atoms with E-state index < -0.39 is 35.8 Å². The molecule has 0 saturated carbocycles. The van der Waals surface area contributed by atoms with Crippen LogP contribution in [0.5, 0.6) is 0 Å². The topological polar surface area (TPSA) is 101 Å². The molecular weight excluding hydrogens is 829 g/mol. The molecule has 0 aromatic carbocycles. The number of unbranched alkanes of at least 4 members (excludes halogenated alkanes) is 40. The number of hydrogen-bond acceptors (Lipinski definition) is 6. The summed E-state index contributed by atoms with van der Waals surface area (Å²) in [6.07, 6.45) is 61.1. The van der Waals surface area contributed by atoms with Crippen LogP contribution in [0.3, 0.4) is 0 Å². The number of ether oxygens (including phenoxy) is 1. The minimum atomic E-state index is -2.33. The Morgan fingerprint density at radius 1 is 0.373 bits per heavy atom. The summed E-state index contributed by atoms with van der Waals surface area (Å²) >= 11 is 0. The molecule has 2 unspecified atom stereocenters. The average molecular weight is 944 g/mol. The quantitative estimate of drug-likeness (QED) is 0.0273. The molecule has 0 aliphatic rings. The maximum atomic E-state index is 14.0. The smallest absolute Gasteiger partial charge is 0.307 e. The Morgan fingerprint density at radius 3 is 0.940 bits per heavy atom. The van der Waals surface area contributed by atoms with Gasteiger partial charge in [0.2, 0.25) is 0 Å². The molecule has 0 aliphatic heterocycles. The van der Waals surface area contributed by atoms with Gasteiger partial charge in [0.1, 0.15) is 6.10 Å². The molecule has 0 spiro atoms. The molecule has 2 N–H and O–H groups in total. The van der Waals surface area contributed by atoms with E-state index in [0.29, 0.717) is 19.3 Å². The Balaban J connectivity index is 4.83. The van der Waals surface area contributed by atoms with Crippen molar-refractivity contribution in [3.8, 4) is 0 Å². The molecule has 0 aromatic heterocycles. The number of allylic oxidation sites excluding steroid dienone is 4. The standard InChI is InChI=1S/C61H114O6/c1-4-7-10-13-16-19-22-25-28-29-30-31-34-36-39-42-45-48-51-54-58(64)61(59(65)56-62,57(63)53-50-47-44-41-38-35-32-26-23-20-17-14-11-8-5-2)67-60(66)55-52-49-46-43-40-37-33-27-24-21-18-15-12-9-6-3/h17,20,26,32,59,62,65H,4-16,18-19,21-25,27-31,33-56H2,1-3H3/b20-17-,32-26-. The fourth-order valence-corrected chi connectivity index (χ4v) is 9.54. The molecule has 0 radical (unpaired) electrons. The van der Waals surface area contributed by atoms with Gasteiger partial charge >= 0.3 is 5.97 Å². The van der Waals surface area contributed by atoms with Crippen molar-refractivity contribution in [2.45, 2.75) is 341 Å². The number of carbonyl (C=O) groups is 3. The van der Waals surface area contributed by atoms with Gasteiger partial charge < -0.3 is 14.9 Å². The molecule has 0 heterocycles. The fourth-order valence-electron chi connectivity index (χ4n) is 9.54. The lowest BCUT2D eigenvalue weighted by atomic mass is 9.82. The Bertz CT molecular complexity index is 1130. The molecule has 6 heteroatoms. The third kappa shape index (κ3) is 40.6. The third-order valence-electron chi connectivity index (χ3n) is 14.1. The first-order chi connectivity index (χ1) is 32.9. The number of ketones is 2. The van der Waals surface area contributed by atoms with E-state index >= 15 is 0 Å². The van der Waals surface area contributed by atoms with Gasteiger partial charge in [0.25, 0.3) is 5.60 Å².